The number of hydrogen-bond acceptors (Lipinski definition) is 7. The van der Waals surface area contributed by atoms with Crippen LogP contribution in [0.2, 0.25) is 0 Å². The summed E-state index contributed by atoms with van der Waals surface area (Å²) < 4.78 is 69.6. The monoisotopic (exact) mass is 623 g/mol. The highest BCUT2D eigenvalue weighted by Crippen LogP contribution is 2.33. The lowest BCUT2D eigenvalue weighted by molar-refractivity contribution is -0.141. The summed E-state index contributed by atoms with van der Waals surface area (Å²) in [5.74, 6) is -1.61. The molecule has 1 heterocycles. The highest BCUT2D eigenvalue weighted by Gasteiger charge is 2.35. The van der Waals surface area contributed by atoms with E-state index >= 15 is 0 Å². The van der Waals surface area contributed by atoms with Crippen LogP contribution >= 0.6 is 0 Å². The molecule has 3 aromatic rings. The first-order chi connectivity index (χ1) is 20.2. The number of rotatable bonds is 12. The minimum Gasteiger partial charge on any atom is -0.408 e. The van der Waals surface area contributed by atoms with Gasteiger partial charge in [0.1, 0.15) is 6.04 Å². The van der Waals surface area contributed by atoms with E-state index in [1.165, 1.54) is 12.1 Å². The van der Waals surface area contributed by atoms with Crippen molar-refractivity contribution in [2.24, 2.45) is 10.9 Å². The molecule has 6 N–H and O–H groups in total. The maximum Gasteiger partial charge on any atom is 0.435 e. The van der Waals surface area contributed by atoms with Crippen LogP contribution in [0, 0.1) is 6.92 Å². The predicted octanol–water partition coefficient (Wildman–Crippen LogP) is 3.03. The number of alkyl halides is 3. The highest BCUT2D eigenvalue weighted by atomic mass is 32.2. The quantitative estimate of drug-likeness (QED) is 0.0671. The molecule has 0 saturated heterocycles. The Morgan fingerprint density at radius 3 is 2.33 bits per heavy atom. The van der Waals surface area contributed by atoms with E-state index in [1.807, 2.05) is 11.6 Å². The molecule has 43 heavy (non-hydrogen) atoms. The molecular weight excluding hydrogens is 591 g/mol. The molecule has 3 rings (SSSR count). The van der Waals surface area contributed by atoms with Crippen LogP contribution in [0.4, 0.5) is 13.2 Å². The van der Waals surface area contributed by atoms with Crippen molar-refractivity contribution in [2.45, 2.75) is 56.6 Å². The summed E-state index contributed by atoms with van der Waals surface area (Å²) in [5, 5.41) is 20.1. The molecule has 0 bridgehead atoms. The van der Waals surface area contributed by atoms with Crippen LogP contribution in [0.25, 0.3) is 16.9 Å². The number of halogens is 3. The summed E-state index contributed by atoms with van der Waals surface area (Å²) in [6, 6.07) is 11.4. The summed E-state index contributed by atoms with van der Waals surface area (Å²) in [7, 11) is -4.41. The van der Waals surface area contributed by atoms with Crippen LogP contribution < -0.4 is 21.1 Å². The SMILES string of the molecule is CCC(=O)N[C@@H](CCCCNC(N)=NO)C(=O)NS(=O)(=O)c1ccc(-n2nc(C(F)(F)F)cc2-c2ccc(C)cc2)cc1. The van der Waals surface area contributed by atoms with Crippen LogP contribution in [0.3, 0.4) is 0 Å². The summed E-state index contributed by atoms with van der Waals surface area (Å²) in [6.45, 7) is 3.72. The van der Waals surface area contributed by atoms with Crippen molar-refractivity contribution in [3.8, 4) is 16.9 Å². The number of amides is 2. The zero-order valence-electron chi connectivity index (χ0n) is 23.4. The Balaban J connectivity index is 1.80. The number of guanidine groups is 1. The average Bonchev–Trinajstić information content (AvgIpc) is 3.42. The number of oxime groups is 1. The van der Waals surface area contributed by atoms with E-state index < -0.39 is 39.7 Å². The number of nitrogens with two attached hydrogens (primary N) is 1. The lowest BCUT2D eigenvalue weighted by Crippen LogP contribution is -2.48. The summed E-state index contributed by atoms with van der Waals surface area (Å²) in [5.41, 5.74) is 5.89. The second kappa shape index (κ2) is 14.0. The first-order valence-electron chi connectivity index (χ1n) is 13.2. The zero-order valence-corrected chi connectivity index (χ0v) is 24.2. The molecule has 232 valence electrons. The molecule has 0 aliphatic heterocycles. The molecule has 1 atom stereocenters. The zero-order chi connectivity index (χ0) is 31.8. The van der Waals surface area contributed by atoms with Crippen molar-refractivity contribution in [2.75, 3.05) is 6.54 Å². The second-order valence-electron chi connectivity index (χ2n) is 9.54. The molecule has 2 aromatic carbocycles. The molecular formula is C27H32F3N7O5S. The smallest absolute Gasteiger partial charge is 0.408 e. The number of aromatic nitrogens is 2. The number of carbonyl (C=O) groups excluding carboxylic acids is 2. The van der Waals surface area contributed by atoms with Crippen LogP contribution in [-0.2, 0) is 25.8 Å². The first kappa shape index (κ1) is 32.9. The van der Waals surface area contributed by atoms with Gasteiger partial charge < -0.3 is 21.6 Å². The van der Waals surface area contributed by atoms with Gasteiger partial charge in [-0.1, -0.05) is 41.9 Å². The third-order valence-electron chi connectivity index (χ3n) is 6.28. The van der Waals surface area contributed by atoms with Crippen LogP contribution in [0.15, 0.2) is 64.6 Å². The maximum absolute atomic E-state index is 13.5. The number of carbonyl (C=O) groups is 2. The van der Waals surface area contributed by atoms with Crippen molar-refractivity contribution >= 4 is 27.8 Å². The molecule has 16 heteroatoms. The topological polar surface area (TPSA) is 181 Å². The Bertz CT molecular complexity index is 1550. The van der Waals surface area contributed by atoms with Crippen molar-refractivity contribution in [3.63, 3.8) is 0 Å². The van der Waals surface area contributed by atoms with Gasteiger partial charge in [-0.15, -0.1) is 0 Å². The van der Waals surface area contributed by atoms with Crippen molar-refractivity contribution in [1.29, 1.82) is 0 Å². The molecule has 0 unspecified atom stereocenters. The van der Waals surface area contributed by atoms with Gasteiger partial charge in [-0.05, 0) is 56.5 Å². The van der Waals surface area contributed by atoms with E-state index in [0.29, 0.717) is 24.9 Å². The van der Waals surface area contributed by atoms with E-state index in [9.17, 15) is 31.2 Å². The second-order valence-corrected chi connectivity index (χ2v) is 11.2. The van der Waals surface area contributed by atoms with E-state index in [-0.39, 0.29) is 35.1 Å². The van der Waals surface area contributed by atoms with Crippen LogP contribution in [-0.4, -0.2) is 53.8 Å². The average molecular weight is 624 g/mol. The fraction of sp³-hybridized carbons (Fsp3) is 0.333. The maximum atomic E-state index is 13.5. The standard InChI is InChI=1S/C27H32F3N7O5S/c1-3-24(38)33-21(6-4-5-15-32-26(31)35-40)25(39)36-43(41,42)20-13-11-19(12-14-20)37-22(16-23(34-37)27(28,29)30)18-9-7-17(2)8-10-18/h7-14,16,21,40H,3-6,15H2,1-2H3,(H,33,38)(H,36,39)(H3,31,32,35)/t21-/m0/s1. The third-order valence-corrected chi connectivity index (χ3v) is 7.64. The van der Waals surface area contributed by atoms with Gasteiger partial charge in [-0.3, -0.25) is 9.59 Å². The molecule has 0 spiro atoms. The van der Waals surface area contributed by atoms with Crippen LogP contribution in [0.1, 0.15) is 43.9 Å². The largest absolute Gasteiger partial charge is 0.435 e. The number of nitrogens with one attached hydrogen (secondary N) is 3. The Morgan fingerprint density at radius 2 is 1.74 bits per heavy atom. The minimum atomic E-state index is -4.71. The van der Waals surface area contributed by atoms with E-state index in [0.717, 1.165) is 28.4 Å². The number of sulfonamides is 1. The lowest BCUT2D eigenvalue weighted by Gasteiger charge is -2.18. The number of nitrogens with zero attached hydrogens (tertiary/aromatic N) is 3. The highest BCUT2D eigenvalue weighted by molar-refractivity contribution is 7.90. The Labute approximate surface area is 246 Å². The fourth-order valence-electron chi connectivity index (χ4n) is 3.97. The van der Waals surface area contributed by atoms with Gasteiger partial charge in [0.2, 0.25) is 11.9 Å². The van der Waals surface area contributed by atoms with Gasteiger partial charge in [0.05, 0.1) is 16.3 Å². The molecule has 0 aliphatic carbocycles. The van der Waals surface area contributed by atoms with E-state index in [1.54, 1.807) is 31.2 Å². The van der Waals surface area contributed by atoms with Crippen molar-refractivity contribution in [1.82, 2.24) is 25.1 Å². The predicted molar refractivity (Wildman–Crippen MR) is 152 cm³/mol. The Morgan fingerprint density at radius 1 is 1.09 bits per heavy atom. The number of benzene rings is 2. The molecule has 0 fully saturated rings. The minimum absolute atomic E-state index is 0.0666. The number of hydrogen-bond donors (Lipinski definition) is 5. The van der Waals surface area contributed by atoms with Gasteiger partial charge in [-0.2, -0.15) is 18.3 Å². The molecule has 1 aromatic heterocycles. The van der Waals surface area contributed by atoms with Gasteiger partial charge >= 0.3 is 6.18 Å². The van der Waals surface area contributed by atoms with Gasteiger partial charge in [0, 0.05) is 18.5 Å². The number of aryl methyl sites for hydroxylation is 1. The normalized spacial score (nSPS) is 12.9. The summed E-state index contributed by atoms with van der Waals surface area (Å²) >= 11 is 0. The van der Waals surface area contributed by atoms with Crippen molar-refractivity contribution in [3.05, 3.63) is 65.9 Å². The van der Waals surface area contributed by atoms with Gasteiger partial charge in [0.25, 0.3) is 15.9 Å². The van der Waals surface area contributed by atoms with Crippen molar-refractivity contribution < 1.29 is 36.4 Å². The summed E-state index contributed by atoms with van der Waals surface area (Å²) in [4.78, 5) is 24.5. The Kier molecular flexibility index (Phi) is 10.7. The molecule has 2 amide bonds. The Hall–Kier alpha value is -4.60. The van der Waals surface area contributed by atoms with E-state index in [2.05, 4.69) is 20.9 Å². The molecule has 0 aliphatic rings. The van der Waals surface area contributed by atoms with Gasteiger partial charge in [-0.25, -0.2) is 17.8 Å². The molecule has 0 radical (unpaired) electrons. The van der Waals surface area contributed by atoms with Crippen LogP contribution in [0.5, 0.6) is 0 Å². The van der Waals surface area contributed by atoms with E-state index in [4.69, 9.17) is 10.9 Å². The summed E-state index contributed by atoms with van der Waals surface area (Å²) in [6.07, 6.45) is -3.69. The lowest BCUT2D eigenvalue weighted by atomic mass is 10.1. The third kappa shape index (κ3) is 8.94. The molecule has 0 saturated carbocycles. The molecule has 12 nitrogen and oxygen atoms in total. The fourth-order valence-corrected chi connectivity index (χ4v) is 4.99. The first-order valence-corrected chi connectivity index (χ1v) is 14.7. The van der Waals surface area contributed by atoms with Gasteiger partial charge in [0.15, 0.2) is 5.69 Å². The number of unbranched alkanes of at least 4 members (excludes halogenated alkanes) is 1.